The minimum Gasteiger partial charge on any atom is -0.454 e. The molecular weight excluding hydrogens is 441 g/mol. The van der Waals surface area contributed by atoms with Crippen molar-refractivity contribution in [3.05, 3.63) is 82.9 Å². The predicted octanol–water partition coefficient (Wildman–Crippen LogP) is 7.07. The standard InChI is InChI=1S/C28H25F3O3/c1-17(2)19-4-3-5-20(13-19)21-10-18(11-23(14-21)28(29,30)31)12-26(32)27(8-9-27)22-6-7-24-25(15-22)34-16-33-24/h3-7,10-11,13-15,17H,8-9,12,16H2,1-2H3. The van der Waals surface area contributed by atoms with Crippen molar-refractivity contribution < 1.29 is 27.4 Å². The van der Waals surface area contributed by atoms with Crippen molar-refractivity contribution in [1.29, 1.82) is 0 Å². The molecule has 2 aliphatic rings. The Hall–Kier alpha value is -3.28. The molecule has 34 heavy (non-hydrogen) atoms. The van der Waals surface area contributed by atoms with Gasteiger partial charge in [0.05, 0.1) is 11.0 Å². The molecule has 0 saturated heterocycles. The van der Waals surface area contributed by atoms with Gasteiger partial charge in [-0.2, -0.15) is 13.2 Å². The molecule has 1 fully saturated rings. The summed E-state index contributed by atoms with van der Waals surface area (Å²) in [5.74, 6) is 1.41. The fourth-order valence-electron chi connectivity index (χ4n) is 4.60. The highest BCUT2D eigenvalue weighted by atomic mass is 19.4. The number of ketones is 1. The van der Waals surface area contributed by atoms with Crippen LogP contribution in [0.25, 0.3) is 11.1 Å². The van der Waals surface area contributed by atoms with E-state index in [4.69, 9.17) is 9.47 Å². The highest BCUT2D eigenvalue weighted by molar-refractivity contribution is 5.95. The summed E-state index contributed by atoms with van der Waals surface area (Å²) in [5, 5.41) is 0. The van der Waals surface area contributed by atoms with Crippen LogP contribution in [0, 0.1) is 0 Å². The van der Waals surface area contributed by atoms with E-state index in [1.807, 2.05) is 50.2 Å². The van der Waals surface area contributed by atoms with Gasteiger partial charge in [0, 0.05) is 6.42 Å². The molecule has 0 radical (unpaired) electrons. The maximum Gasteiger partial charge on any atom is 0.416 e. The number of alkyl halides is 3. The van der Waals surface area contributed by atoms with Gasteiger partial charge in [-0.25, -0.2) is 0 Å². The summed E-state index contributed by atoms with van der Waals surface area (Å²) in [6.07, 6.45) is -3.21. The molecule has 3 aromatic carbocycles. The van der Waals surface area contributed by atoms with E-state index in [0.29, 0.717) is 41.0 Å². The number of ether oxygens (including phenoxy) is 2. The summed E-state index contributed by atoms with van der Waals surface area (Å²) in [5.41, 5.74) is 2.02. The molecule has 6 heteroatoms. The maximum absolute atomic E-state index is 13.7. The van der Waals surface area contributed by atoms with E-state index in [1.54, 1.807) is 12.1 Å². The van der Waals surface area contributed by atoms with E-state index < -0.39 is 17.2 Å². The first-order chi connectivity index (χ1) is 16.2. The van der Waals surface area contributed by atoms with Crippen LogP contribution in [0.15, 0.2) is 60.7 Å². The molecule has 0 amide bonds. The molecule has 0 spiro atoms. The summed E-state index contributed by atoms with van der Waals surface area (Å²) in [7, 11) is 0. The van der Waals surface area contributed by atoms with Crippen LogP contribution in [0.1, 0.15) is 54.9 Å². The van der Waals surface area contributed by atoms with Crippen LogP contribution in [-0.2, 0) is 22.8 Å². The molecule has 0 aromatic heterocycles. The fourth-order valence-corrected chi connectivity index (χ4v) is 4.60. The van der Waals surface area contributed by atoms with Crippen LogP contribution in [0.5, 0.6) is 11.5 Å². The first kappa shape index (κ1) is 22.5. The average Bonchev–Trinajstić information content (AvgIpc) is 3.49. The molecule has 3 aromatic rings. The first-order valence-corrected chi connectivity index (χ1v) is 11.4. The Labute approximate surface area is 196 Å². The van der Waals surface area contributed by atoms with Gasteiger partial charge >= 0.3 is 6.18 Å². The minimum absolute atomic E-state index is 0.0603. The van der Waals surface area contributed by atoms with Crippen LogP contribution < -0.4 is 9.47 Å². The molecule has 0 N–H and O–H groups in total. The SMILES string of the molecule is CC(C)c1cccc(-c2cc(CC(=O)C3(c4ccc5c(c4)OCO5)CC3)cc(C(F)(F)F)c2)c1. The lowest BCUT2D eigenvalue weighted by atomic mass is 9.86. The third-order valence-electron chi connectivity index (χ3n) is 6.78. The second kappa shape index (κ2) is 8.19. The summed E-state index contributed by atoms with van der Waals surface area (Å²) in [6, 6.07) is 17.0. The minimum atomic E-state index is -4.50. The lowest BCUT2D eigenvalue weighted by Gasteiger charge is -2.17. The number of Topliss-reactive ketones (excluding diaryl/α,β-unsaturated/α-hetero) is 1. The van der Waals surface area contributed by atoms with Crippen molar-refractivity contribution in [3.63, 3.8) is 0 Å². The van der Waals surface area contributed by atoms with Crippen LogP contribution in [0.4, 0.5) is 13.2 Å². The zero-order chi connectivity index (χ0) is 24.1. The number of rotatable bonds is 6. The molecule has 1 heterocycles. The van der Waals surface area contributed by atoms with E-state index in [1.165, 1.54) is 0 Å². The Balaban J connectivity index is 1.48. The molecular formula is C28H25F3O3. The maximum atomic E-state index is 13.7. The zero-order valence-corrected chi connectivity index (χ0v) is 19.0. The third-order valence-corrected chi connectivity index (χ3v) is 6.78. The molecule has 0 unspecified atom stereocenters. The van der Waals surface area contributed by atoms with E-state index in [2.05, 4.69) is 0 Å². The number of carbonyl (C=O) groups excluding carboxylic acids is 1. The molecule has 1 saturated carbocycles. The van der Waals surface area contributed by atoms with Gasteiger partial charge in [-0.05, 0) is 70.8 Å². The Bertz CT molecular complexity index is 1260. The summed E-state index contributed by atoms with van der Waals surface area (Å²) in [6.45, 7) is 4.23. The second-order valence-electron chi connectivity index (χ2n) is 9.45. The molecule has 0 bridgehead atoms. The number of benzene rings is 3. The molecule has 3 nitrogen and oxygen atoms in total. The van der Waals surface area contributed by atoms with Crippen molar-refractivity contribution in [3.8, 4) is 22.6 Å². The summed E-state index contributed by atoms with van der Waals surface area (Å²) in [4.78, 5) is 13.4. The van der Waals surface area contributed by atoms with Gasteiger partial charge in [0.2, 0.25) is 6.79 Å². The summed E-state index contributed by atoms with van der Waals surface area (Å²) < 4.78 is 52.0. The second-order valence-corrected chi connectivity index (χ2v) is 9.45. The molecule has 176 valence electrons. The van der Waals surface area contributed by atoms with Gasteiger partial charge in [-0.1, -0.05) is 50.2 Å². The van der Waals surface area contributed by atoms with Crippen molar-refractivity contribution in [1.82, 2.24) is 0 Å². The molecule has 0 atom stereocenters. The van der Waals surface area contributed by atoms with Gasteiger partial charge in [0.25, 0.3) is 0 Å². The van der Waals surface area contributed by atoms with Gasteiger partial charge in [-0.15, -0.1) is 0 Å². The smallest absolute Gasteiger partial charge is 0.416 e. The van der Waals surface area contributed by atoms with E-state index in [-0.39, 0.29) is 24.9 Å². The highest BCUT2D eigenvalue weighted by Gasteiger charge is 2.51. The van der Waals surface area contributed by atoms with Gasteiger partial charge < -0.3 is 9.47 Å². The lowest BCUT2D eigenvalue weighted by molar-refractivity contribution is -0.137. The van der Waals surface area contributed by atoms with Crippen LogP contribution >= 0.6 is 0 Å². The lowest BCUT2D eigenvalue weighted by Crippen LogP contribution is -2.22. The average molecular weight is 466 g/mol. The third kappa shape index (κ3) is 4.17. The molecule has 5 rings (SSSR count). The zero-order valence-electron chi connectivity index (χ0n) is 19.0. The molecule has 1 aliphatic heterocycles. The Morgan fingerprint density at radius 1 is 0.941 bits per heavy atom. The number of hydrogen-bond donors (Lipinski definition) is 0. The predicted molar refractivity (Wildman–Crippen MR) is 123 cm³/mol. The normalized spacial score (nSPS) is 16.1. The monoisotopic (exact) mass is 466 g/mol. The van der Waals surface area contributed by atoms with Gasteiger partial charge in [0.1, 0.15) is 5.78 Å². The van der Waals surface area contributed by atoms with Crippen LogP contribution in [0.2, 0.25) is 0 Å². The summed E-state index contributed by atoms with van der Waals surface area (Å²) >= 11 is 0. The Morgan fingerprint density at radius 3 is 2.41 bits per heavy atom. The number of fused-ring (bicyclic) bond motifs is 1. The van der Waals surface area contributed by atoms with Crippen molar-refractivity contribution in [2.24, 2.45) is 0 Å². The topological polar surface area (TPSA) is 35.5 Å². The van der Waals surface area contributed by atoms with Crippen molar-refractivity contribution in [2.75, 3.05) is 6.79 Å². The number of hydrogen-bond acceptors (Lipinski definition) is 3. The Morgan fingerprint density at radius 2 is 1.71 bits per heavy atom. The fraction of sp³-hybridized carbons (Fsp3) is 0.321. The molecule has 1 aliphatic carbocycles. The quantitative estimate of drug-likeness (QED) is 0.390. The highest BCUT2D eigenvalue weighted by Crippen LogP contribution is 2.51. The Kier molecular flexibility index (Phi) is 5.42. The van der Waals surface area contributed by atoms with Crippen LogP contribution in [-0.4, -0.2) is 12.6 Å². The largest absolute Gasteiger partial charge is 0.454 e. The number of halogens is 3. The van der Waals surface area contributed by atoms with E-state index in [0.717, 1.165) is 23.3 Å². The van der Waals surface area contributed by atoms with Gasteiger partial charge in [-0.3, -0.25) is 4.79 Å². The van der Waals surface area contributed by atoms with E-state index in [9.17, 15) is 18.0 Å². The van der Waals surface area contributed by atoms with Gasteiger partial charge in [0.15, 0.2) is 11.5 Å². The van der Waals surface area contributed by atoms with Crippen molar-refractivity contribution in [2.45, 2.75) is 50.6 Å². The first-order valence-electron chi connectivity index (χ1n) is 11.4. The number of carbonyl (C=O) groups is 1. The van der Waals surface area contributed by atoms with Crippen molar-refractivity contribution >= 4 is 5.78 Å². The van der Waals surface area contributed by atoms with Crippen LogP contribution in [0.3, 0.4) is 0 Å². The van der Waals surface area contributed by atoms with E-state index >= 15 is 0 Å².